The molecule has 1 aromatic rings. The Hall–Kier alpha value is -2.05. The molecule has 18 heavy (non-hydrogen) atoms. The highest BCUT2D eigenvalue weighted by Crippen LogP contribution is 2.23. The van der Waals surface area contributed by atoms with Crippen LogP contribution >= 0.6 is 0 Å². The molecule has 0 N–H and O–H groups in total. The van der Waals surface area contributed by atoms with E-state index in [1.54, 1.807) is 13.8 Å². The number of benzene rings is 1. The van der Waals surface area contributed by atoms with Crippen molar-refractivity contribution in [1.29, 1.82) is 0 Å². The Morgan fingerprint density at radius 1 is 1.39 bits per heavy atom. The standard InChI is InChI=1S/C11H12F2N2O3/c1-6(2)14(3)11(16)8-4-7(12)5-9(10(8)13)15(17)18/h4-6H,1-3H3. The number of nitro groups is 1. The highest BCUT2D eigenvalue weighted by atomic mass is 19.1. The molecule has 0 aliphatic rings. The zero-order chi connectivity index (χ0) is 14.0. The van der Waals surface area contributed by atoms with Crippen molar-refractivity contribution in [3.8, 4) is 0 Å². The maximum atomic E-state index is 13.7. The second-order valence-corrected chi connectivity index (χ2v) is 4.05. The van der Waals surface area contributed by atoms with E-state index in [0.29, 0.717) is 12.1 Å². The first-order valence-corrected chi connectivity index (χ1v) is 5.16. The van der Waals surface area contributed by atoms with Gasteiger partial charge in [0.1, 0.15) is 5.82 Å². The molecule has 0 bridgehead atoms. The van der Waals surface area contributed by atoms with E-state index >= 15 is 0 Å². The molecule has 7 heteroatoms. The van der Waals surface area contributed by atoms with Crippen molar-refractivity contribution in [2.75, 3.05) is 7.05 Å². The average molecular weight is 258 g/mol. The highest BCUT2D eigenvalue weighted by Gasteiger charge is 2.26. The van der Waals surface area contributed by atoms with Crippen LogP contribution in [0.5, 0.6) is 0 Å². The third kappa shape index (κ3) is 2.61. The summed E-state index contributed by atoms with van der Waals surface area (Å²) >= 11 is 0. The van der Waals surface area contributed by atoms with Gasteiger partial charge in [-0.1, -0.05) is 0 Å². The fourth-order valence-electron chi connectivity index (χ4n) is 1.29. The van der Waals surface area contributed by atoms with Crippen molar-refractivity contribution < 1.29 is 18.5 Å². The first kappa shape index (κ1) is 14.0. The van der Waals surface area contributed by atoms with Crippen LogP contribution in [0.2, 0.25) is 0 Å². The third-order valence-corrected chi connectivity index (χ3v) is 2.54. The minimum Gasteiger partial charge on any atom is -0.339 e. The van der Waals surface area contributed by atoms with Crippen molar-refractivity contribution in [3.05, 3.63) is 39.4 Å². The summed E-state index contributed by atoms with van der Waals surface area (Å²) in [6.45, 7) is 3.37. The smallest absolute Gasteiger partial charge is 0.308 e. The number of carbonyl (C=O) groups excluding carboxylic acids is 1. The number of hydrogen-bond donors (Lipinski definition) is 0. The lowest BCUT2D eigenvalue weighted by Gasteiger charge is -2.21. The molecule has 0 heterocycles. The molecule has 0 aromatic heterocycles. The van der Waals surface area contributed by atoms with Gasteiger partial charge in [0.05, 0.1) is 16.6 Å². The number of rotatable bonds is 3. The number of nitro benzene ring substituents is 1. The van der Waals surface area contributed by atoms with E-state index in [4.69, 9.17) is 0 Å². The van der Waals surface area contributed by atoms with Crippen LogP contribution in [-0.4, -0.2) is 28.8 Å². The van der Waals surface area contributed by atoms with Crippen molar-refractivity contribution >= 4 is 11.6 Å². The second-order valence-electron chi connectivity index (χ2n) is 4.05. The van der Waals surface area contributed by atoms with Crippen molar-refractivity contribution in [3.63, 3.8) is 0 Å². The van der Waals surface area contributed by atoms with Crippen molar-refractivity contribution in [2.45, 2.75) is 19.9 Å². The van der Waals surface area contributed by atoms with E-state index in [0.717, 1.165) is 0 Å². The lowest BCUT2D eigenvalue weighted by molar-refractivity contribution is -0.387. The van der Waals surface area contributed by atoms with Gasteiger partial charge < -0.3 is 4.90 Å². The Morgan fingerprint density at radius 2 is 1.94 bits per heavy atom. The minimum atomic E-state index is -1.32. The monoisotopic (exact) mass is 258 g/mol. The maximum Gasteiger partial charge on any atom is 0.308 e. The van der Waals surface area contributed by atoms with Gasteiger partial charge in [-0.25, -0.2) is 4.39 Å². The molecule has 0 unspecified atom stereocenters. The number of amides is 1. The van der Waals surface area contributed by atoms with E-state index < -0.39 is 33.7 Å². The first-order valence-electron chi connectivity index (χ1n) is 5.16. The topological polar surface area (TPSA) is 63.5 Å². The van der Waals surface area contributed by atoms with Crippen molar-refractivity contribution in [2.24, 2.45) is 0 Å². The van der Waals surface area contributed by atoms with Gasteiger partial charge in [0.25, 0.3) is 5.91 Å². The summed E-state index contributed by atoms with van der Waals surface area (Å²) in [6, 6.07) is 0.865. The summed E-state index contributed by atoms with van der Waals surface area (Å²) in [6.07, 6.45) is 0. The molecule has 0 fully saturated rings. The fraction of sp³-hybridized carbons (Fsp3) is 0.364. The Kier molecular flexibility index (Phi) is 3.95. The Morgan fingerprint density at radius 3 is 2.39 bits per heavy atom. The van der Waals surface area contributed by atoms with Gasteiger partial charge in [-0.15, -0.1) is 0 Å². The molecule has 1 aromatic carbocycles. The van der Waals surface area contributed by atoms with E-state index in [1.807, 2.05) is 0 Å². The largest absolute Gasteiger partial charge is 0.339 e. The molecule has 0 saturated heterocycles. The zero-order valence-corrected chi connectivity index (χ0v) is 10.1. The molecular formula is C11H12F2N2O3. The molecule has 1 rings (SSSR count). The average Bonchev–Trinajstić information content (AvgIpc) is 2.29. The number of carbonyl (C=O) groups is 1. The number of nitrogens with zero attached hydrogens (tertiary/aromatic N) is 2. The van der Waals surface area contributed by atoms with E-state index in [1.165, 1.54) is 11.9 Å². The van der Waals surface area contributed by atoms with Gasteiger partial charge in [-0.2, -0.15) is 4.39 Å². The van der Waals surface area contributed by atoms with Crippen LogP contribution in [0.15, 0.2) is 12.1 Å². The molecule has 0 aliphatic carbocycles. The van der Waals surface area contributed by atoms with Gasteiger partial charge in [0, 0.05) is 13.1 Å². The molecule has 0 saturated carbocycles. The molecular weight excluding hydrogens is 246 g/mol. The molecule has 1 amide bonds. The summed E-state index contributed by atoms with van der Waals surface area (Å²) in [5.41, 5.74) is -1.69. The summed E-state index contributed by atoms with van der Waals surface area (Å²) in [5.74, 6) is -3.15. The lowest BCUT2D eigenvalue weighted by Crippen LogP contribution is -2.33. The Bertz CT molecular complexity index is 503. The molecule has 5 nitrogen and oxygen atoms in total. The zero-order valence-electron chi connectivity index (χ0n) is 10.1. The normalized spacial score (nSPS) is 10.6. The van der Waals surface area contributed by atoms with Crippen molar-refractivity contribution in [1.82, 2.24) is 4.90 Å². The molecule has 0 radical (unpaired) electrons. The SMILES string of the molecule is CC(C)N(C)C(=O)c1cc(F)cc([N+](=O)[O-])c1F. The minimum absolute atomic E-state index is 0.237. The first-order chi connectivity index (χ1) is 8.25. The summed E-state index contributed by atoms with van der Waals surface area (Å²) < 4.78 is 26.9. The van der Waals surface area contributed by atoms with E-state index in [9.17, 15) is 23.7 Å². The molecule has 98 valence electrons. The summed E-state index contributed by atoms with van der Waals surface area (Å²) in [7, 11) is 1.41. The third-order valence-electron chi connectivity index (χ3n) is 2.54. The van der Waals surface area contributed by atoms with Gasteiger partial charge in [-0.05, 0) is 19.9 Å². The van der Waals surface area contributed by atoms with Gasteiger partial charge in [0.15, 0.2) is 0 Å². The second kappa shape index (κ2) is 5.07. The van der Waals surface area contributed by atoms with E-state index in [-0.39, 0.29) is 6.04 Å². The van der Waals surface area contributed by atoms with Crippen LogP contribution in [0, 0.1) is 21.7 Å². The van der Waals surface area contributed by atoms with Crippen LogP contribution in [-0.2, 0) is 0 Å². The van der Waals surface area contributed by atoms with Crippen LogP contribution < -0.4 is 0 Å². The quantitative estimate of drug-likeness (QED) is 0.617. The van der Waals surface area contributed by atoms with Gasteiger partial charge in [0.2, 0.25) is 5.82 Å². The predicted octanol–water partition coefficient (Wildman–Crippen LogP) is 2.35. The van der Waals surface area contributed by atoms with E-state index in [2.05, 4.69) is 0 Å². The van der Waals surface area contributed by atoms with Crippen LogP contribution in [0.3, 0.4) is 0 Å². The van der Waals surface area contributed by atoms with Crippen LogP contribution in [0.25, 0.3) is 0 Å². The van der Waals surface area contributed by atoms with Gasteiger partial charge >= 0.3 is 5.69 Å². The highest BCUT2D eigenvalue weighted by molar-refractivity contribution is 5.95. The fourth-order valence-corrected chi connectivity index (χ4v) is 1.29. The van der Waals surface area contributed by atoms with Gasteiger partial charge in [-0.3, -0.25) is 14.9 Å². The van der Waals surface area contributed by atoms with Crippen LogP contribution in [0.4, 0.5) is 14.5 Å². The molecule has 0 aliphatic heterocycles. The number of hydrogen-bond acceptors (Lipinski definition) is 3. The summed E-state index contributed by atoms with van der Waals surface area (Å²) in [4.78, 5) is 22.5. The molecule has 0 atom stereocenters. The summed E-state index contributed by atoms with van der Waals surface area (Å²) in [5, 5.41) is 10.5. The number of halogens is 2. The Labute approximate surface area is 102 Å². The molecule has 0 spiro atoms. The van der Waals surface area contributed by atoms with Crippen LogP contribution in [0.1, 0.15) is 24.2 Å². The predicted molar refractivity (Wildman–Crippen MR) is 60.2 cm³/mol. The Balaban J connectivity index is 3.33. The lowest BCUT2D eigenvalue weighted by atomic mass is 10.1. The maximum absolute atomic E-state index is 13.7.